The first-order valence-electron chi connectivity index (χ1n) is 13.9. The lowest BCUT2D eigenvalue weighted by atomic mass is 10.0. The third kappa shape index (κ3) is 12.8. The third-order valence-electron chi connectivity index (χ3n) is 6.73. The number of hydrogen-bond acceptors (Lipinski definition) is 1. The van der Waals surface area contributed by atoms with Crippen LogP contribution in [0.1, 0.15) is 126 Å². The second kappa shape index (κ2) is 18.5. The molecule has 2 rings (SSSR count). The van der Waals surface area contributed by atoms with E-state index in [2.05, 4.69) is 23.6 Å². The van der Waals surface area contributed by atoms with Gasteiger partial charge in [0.15, 0.2) is 11.9 Å². The SMILES string of the molecule is CCCCCCCCCCCCCCCCCCc1cccc[n+]1CC(=O)c1ccccc1. The summed E-state index contributed by atoms with van der Waals surface area (Å²) in [6.07, 6.45) is 25.4. The van der Waals surface area contributed by atoms with Gasteiger partial charge in [-0.3, -0.25) is 4.79 Å². The van der Waals surface area contributed by atoms with Crippen molar-refractivity contribution in [1.82, 2.24) is 0 Å². The number of aromatic nitrogens is 1. The maximum atomic E-state index is 12.6. The van der Waals surface area contributed by atoms with Crippen LogP contribution in [0.2, 0.25) is 0 Å². The standard InChI is InChI=1S/C31H48NO/c1-2-3-4-5-6-7-8-9-10-11-12-13-14-15-16-20-25-30-26-21-22-27-32(30)28-31(33)29-23-18-17-19-24-29/h17-19,21-24,26-27H,2-16,20,25,28H2,1H3/q+1. The van der Waals surface area contributed by atoms with Gasteiger partial charge in [-0.05, 0) is 6.42 Å². The molecule has 0 N–H and O–H groups in total. The molecule has 0 atom stereocenters. The number of ketones is 1. The van der Waals surface area contributed by atoms with E-state index in [1.54, 1.807) is 0 Å². The van der Waals surface area contributed by atoms with Gasteiger partial charge in [0.1, 0.15) is 0 Å². The summed E-state index contributed by atoms with van der Waals surface area (Å²) < 4.78 is 2.13. The molecular formula is C31H48NO+. The lowest BCUT2D eigenvalue weighted by Crippen LogP contribution is -2.41. The van der Waals surface area contributed by atoms with Gasteiger partial charge in [0, 0.05) is 24.1 Å². The Kier molecular flexibility index (Phi) is 15.3. The zero-order valence-corrected chi connectivity index (χ0v) is 21.3. The van der Waals surface area contributed by atoms with Crippen LogP contribution in [0, 0.1) is 0 Å². The fourth-order valence-electron chi connectivity index (χ4n) is 4.62. The molecule has 2 nitrogen and oxygen atoms in total. The molecule has 182 valence electrons. The van der Waals surface area contributed by atoms with Crippen LogP contribution in [-0.4, -0.2) is 5.78 Å². The molecule has 0 saturated carbocycles. The highest BCUT2D eigenvalue weighted by atomic mass is 16.1. The lowest BCUT2D eigenvalue weighted by molar-refractivity contribution is -0.690. The van der Waals surface area contributed by atoms with Gasteiger partial charge < -0.3 is 0 Å². The topological polar surface area (TPSA) is 20.9 Å². The number of Topliss-reactive ketones (excluding diaryl/α,β-unsaturated/α-hetero) is 1. The Morgan fingerprint density at radius 2 is 1.09 bits per heavy atom. The van der Waals surface area contributed by atoms with Crippen LogP contribution in [0.4, 0.5) is 0 Å². The van der Waals surface area contributed by atoms with Gasteiger partial charge in [0.05, 0.1) is 0 Å². The summed E-state index contributed by atoms with van der Waals surface area (Å²) in [5.74, 6) is 0.181. The Labute approximate surface area is 203 Å². The number of pyridine rings is 1. The molecule has 1 aromatic carbocycles. The molecule has 0 saturated heterocycles. The van der Waals surface area contributed by atoms with Crippen LogP contribution in [0.5, 0.6) is 0 Å². The minimum atomic E-state index is 0.181. The first-order chi connectivity index (χ1) is 16.3. The van der Waals surface area contributed by atoms with Crippen LogP contribution in [0.25, 0.3) is 0 Å². The summed E-state index contributed by atoms with van der Waals surface area (Å²) >= 11 is 0. The molecule has 2 heteroatoms. The molecule has 0 aliphatic heterocycles. The summed E-state index contributed by atoms with van der Waals surface area (Å²) in [4.78, 5) is 12.6. The molecule has 0 unspecified atom stereocenters. The molecule has 0 amide bonds. The predicted octanol–water partition coefficient (Wildman–Crippen LogP) is 8.66. The minimum Gasteiger partial charge on any atom is -0.287 e. The van der Waals surface area contributed by atoms with Crippen molar-refractivity contribution in [3.8, 4) is 0 Å². The van der Waals surface area contributed by atoms with Gasteiger partial charge in [-0.25, -0.2) is 0 Å². The number of aryl methyl sites for hydroxylation is 1. The summed E-state index contributed by atoms with van der Waals surface area (Å²) in [5.41, 5.74) is 2.06. The number of rotatable bonds is 20. The number of carbonyl (C=O) groups excluding carboxylic acids is 1. The van der Waals surface area contributed by atoms with Gasteiger partial charge >= 0.3 is 0 Å². The van der Waals surface area contributed by atoms with E-state index in [0.29, 0.717) is 6.54 Å². The van der Waals surface area contributed by atoms with Crippen molar-refractivity contribution < 1.29 is 9.36 Å². The van der Waals surface area contributed by atoms with E-state index in [0.717, 1.165) is 12.0 Å². The van der Waals surface area contributed by atoms with Gasteiger partial charge in [-0.1, -0.05) is 140 Å². The van der Waals surface area contributed by atoms with Gasteiger partial charge in [0.25, 0.3) is 0 Å². The van der Waals surface area contributed by atoms with Crippen LogP contribution in [-0.2, 0) is 13.0 Å². The van der Waals surface area contributed by atoms with E-state index in [1.807, 2.05) is 42.6 Å². The summed E-state index contributed by atoms with van der Waals surface area (Å²) in [7, 11) is 0. The quantitative estimate of drug-likeness (QED) is 0.112. The fourth-order valence-corrected chi connectivity index (χ4v) is 4.62. The third-order valence-corrected chi connectivity index (χ3v) is 6.73. The van der Waals surface area contributed by atoms with E-state index >= 15 is 0 Å². The predicted molar refractivity (Wildman–Crippen MR) is 141 cm³/mol. The Hall–Kier alpha value is -1.96. The highest BCUT2D eigenvalue weighted by Gasteiger charge is 2.15. The van der Waals surface area contributed by atoms with Crippen molar-refractivity contribution in [2.45, 2.75) is 123 Å². The van der Waals surface area contributed by atoms with Crippen LogP contribution in [0.3, 0.4) is 0 Å². The number of benzene rings is 1. The zero-order valence-electron chi connectivity index (χ0n) is 21.3. The maximum Gasteiger partial charge on any atom is 0.227 e. The molecular weight excluding hydrogens is 402 g/mol. The van der Waals surface area contributed by atoms with Crippen LogP contribution >= 0.6 is 0 Å². The average molecular weight is 451 g/mol. The zero-order chi connectivity index (χ0) is 23.4. The smallest absolute Gasteiger partial charge is 0.227 e. The van der Waals surface area contributed by atoms with Crippen molar-refractivity contribution in [3.63, 3.8) is 0 Å². The van der Waals surface area contributed by atoms with E-state index in [-0.39, 0.29) is 5.78 Å². The summed E-state index contributed by atoms with van der Waals surface area (Å²) in [6.45, 7) is 2.72. The Bertz CT molecular complexity index is 740. The van der Waals surface area contributed by atoms with Crippen LogP contribution < -0.4 is 4.57 Å². The number of nitrogens with zero attached hydrogens (tertiary/aromatic N) is 1. The molecule has 2 aromatic rings. The highest BCUT2D eigenvalue weighted by molar-refractivity contribution is 5.94. The summed E-state index contributed by atoms with van der Waals surface area (Å²) in [6, 6.07) is 15.9. The molecule has 0 bridgehead atoms. The van der Waals surface area contributed by atoms with Crippen molar-refractivity contribution in [3.05, 3.63) is 66.0 Å². The second-order valence-corrected chi connectivity index (χ2v) is 9.66. The average Bonchev–Trinajstić information content (AvgIpc) is 2.85. The van der Waals surface area contributed by atoms with E-state index in [1.165, 1.54) is 108 Å². The molecule has 1 aromatic heterocycles. The largest absolute Gasteiger partial charge is 0.287 e. The molecule has 0 fully saturated rings. The first kappa shape index (κ1) is 27.3. The fraction of sp³-hybridized carbons (Fsp3) is 0.613. The van der Waals surface area contributed by atoms with Crippen molar-refractivity contribution in [2.75, 3.05) is 0 Å². The highest BCUT2D eigenvalue weighted by Crippen LogP contribution is 2.14. The van der Waals surface area contributed by atoms with E-state index in [4.69, 9.17) is 0 Å². The number of unbranched alkanes of at least 4 members (excludes halogenated alkanes) is 15. The minimum absolute atomic E-state index is 0.181. The Morgan fingerprint density at radius 3 is 1.64 bits per heavy atom. The van der Waals surface area contributed by atoms with Gasteiger partial charge in [-0.2, -0.15) is 4.57 Å². The normalized spacial score (nSPS) is 11.1. The maximum absolute atomic E-state index is 12.6. The molecule has 0 radical (unpaired) electrons. The molecule has 0 spiro atoms. The first-order valence-corrected chi connectivity index (χ1v) is 13.9. The monoisotopic (exact) mass is 450 g/mol. The summed E-state index contributed by atoms with van der Waals surface area (Å²) in [5, 5.41) is 0. The van der Waals surface area contributed by atoms with Crippen molar-refractivity contribution >= 4 is 5.78 Å². The Balaban J connectivity index is 1.47. The van der Waals surface area contributed by atoms with Crippen LogP contribution in [0.15, 0.2) is 54.7 Å². The number of hydrogen-bond donors (Lipinski definition) is 0. The number of carbonyl (C=O) groups is 1. The van der Waals surface area contributed by atoms with Crippen molar-refractivity contribution in [2.24, 2.45) is 0 Å². The second-order valence-electron chi connectivity index (χ2n) is 9.66. The lowest BCUT2D eigenvalue weighted by Gasteiger charge is -2.05. The van der Waals surface area contributed by atoms with Crippen molar-refractivity contribution in [1.29, 1.82) is 0 Å². The molecule has 0 aliphatic rings. The van der Waals surface area contributed by atoms with E-state index in [9.17, 15) is 4.79 Å². The van der Waals surface area contributed by atoms with Gasteiger partial charge in [0.2, 0.25) is 12.3 Å². The van der Waals surface area contributed by atoms with E-state index < -0.39 is 0 Å². The molecule has 0 aliphatic carbocycles. The molecule has 1 heterocycles. The Morgan fingerprint density at radius 1 is 0.606 bits per heavy atom. The molecule has 33 heavy (non-hydrogen) atoms. The van der Waals surface area contributed by atoms with Gasteiger partial charge in [-0.15, -0.1) is 0 Å².